The van der Waals surface area contributed by atoms with Crippen molar-refractivity contribution >= 4 is 9.84 Å². The highest BCUT2D eigenvalue weighted by molar-refractivity contribution is 7.91. The maximum atomic E-state index is 11.3. The van der Waals surface area contributed by atoms with Gasteiger partial charge in [-0.15, -0.1) is 0 Å². The molecule has 96 valence electrons. The number of rotatable bonds is 7. The van der Waals surface area contributed by atoms with E-state index in [4.69, 9.17) is 0 Å². The van der Waals surface area contributed by atoms with Gasteiger partial charge in [-0.1, -0.05) is 6.92 Å². The monoisotopic (exact) mass is 256 g/mol. The van der Waals surface area contributed by atoms with E-state index in [0.29, 0.717) is 13.0 Å². The Morgan fingerprint density at radius 2 is 2.00 bits per heavy atom. The Bertz CT molecular complexity index is 417. The van der Waals surface area contributed by atoms with E-state index in [1.54, 1.807) is 19.3 Å². The fourth-order valence-electron chi connectivity index (χ4n) is 1.52. The predicted octanol–water partition coefficient (Wildman–Crippen LogP) is 1.56. The summed E-state index contributed by atoms with van der Waals surface area (Å²) in [6, 6.07) is 4.14. The maximum Gasteiger partial charge on any atom is 0.150 e. The highest BCUT2D eigenvalue weighted by atomic mass is 32.2. The third-order valence-electron chi connectivity index (χ3n) is 2.73. The number of nitrogens with zero attached hydrogens (tertiary/aromatic N) is 1. The molecule has 0 saturated heterocycles. The maximum absolute atomic E-state index is 11.3. The lowest BCUT2D eigenvalue weighted by Gasteiger charge is -2.13. The Hall–Kier alpha value is -0.940. The van der Waals surface area contributed by atoms with Gasteiger partial charge < -0.3 is 5.32 Å². The van der Waals surface area contributed by atoms with Crippen LogP contribution in [0.2, 0.25) is 0 Å². The van der Waals surface area contributed by atoms with Crippen LogP contribution in [0.15, 0.2) is 24.5 Å². The summed E-state index contributed by atoms with van der Waals surface area (Å²) in [4.78, 5) is 3.96. The number of sulfone groups is 1. The van der Waals surface area contributed by atoms with Crippen molar-refractivity contribution in [3.05, 3.63) is 30.1 Å². The lowest BCUT2D eigenvalue weighted by atomic mass is 10.1. The van der Waals surface area contributed by atoms with E-state index in [2.05, 4.69) is 17.2 Å². The minimum absolute atomic E-state index is 0.224. The number of aromatic nitrogens is 1. The molecule has 0 radical (unpaired) electrons. The van der Waals surface area contributed by atoms with E-state index in [1.165, 1.54) is 5.56 Å². The molecule has 1 heterocycles. The summed E-state index contributed by atoms with van der Waals surface area (Å²) in [5.74, 6) is 0.493. The van der Waals surface area contributed by atoms with Gasteiger partial charge in [0.25, 0.3) is 0 Å². The van der Waals surface area contributed by atoms with Gasteiger partial charge in [0.1, 0.15) is 9.84 Å². The molecule has 17 heavy (non-hydrogen) atoms. The molecule has 0 aromatic carbocycles. The fraction of sp³-hybridized carbons (Fsp3) is 0.583. The topological polar surface area (TPSA) is 59.1 Å². The van der Waals surface area contributed by atoms with Gasteiger partial charge >= 0.3 is 0 Å². The summed E-state index contributed by atoms with van der Waals surface area (Å²) < 4.78 is 22.6. The lowest BCUT2D eigenvalue weighted by Crippen LogP contribution is -2.22. The average Bonchev–Trinajstić information content (AvgIpc) is 2.35. The number of pyridine rings is 1. The van der Waals surface area contributed by atoms with E-state index in [-0.39, 0.29) is 17.5 Å². The first-order chi connectivity index (χ1) is 8.05. The van der Waals surface area contributed by atoms with E-state index in [0.717, 1.165) is 0 Å². The van der Waals surface area contributed by atoms with Crippen LogP contribution in [0.1, 0.15) is 31.9 Å². The molecule has 1 atom stereocenters. The Labute approximate surface area is 103 Å². The second kappa shape index (κ2) is 6.71. The van der Waals surface area contributed by atoms with Crippen molar-refractivity contribution in [1.29, 1.82) is 0 Å². The minimum Gasteiger partial charge on any atom is -0.310 e. The molecule has 0 amide bonds. The van der Waals surface area contributed by atoms with Crippen LogP contribution < -0.4 is 5.32 Å². The molecule has 1 N–H and O–H groups in total. The zero-order valence-electron chi connectivity index (χ0n) is 10.4. The van der Waals surface area contributed by atoms with E-state index < -0.39 is 9.84 Å². The molecule has 0 bridgehead atoms. The van der Waals surface area contributed by atoms with Crippen LogP contribution >= 0.6 is 0 Å². The van der Waals surface area contributed by atoms with Crippen LogP contribution in [0.25, 0.3) is 0 Å². The molecule has 0 fully saturated rings. The summed E-state index contributed by atoms with van der Waals surface area (Å²) in [6.45, 7) is 4.45. The molecule has 0 aliphatic carbocycles. The fourth-order valence-corrected chi connectivity index (χ4v) is 2.40. The van der Waals surface area contributed by atoms with Gasteiger partial charge in [-0.05, 0) is 37.6 Å². The summed E-state index contributed by atoms with van der Waals surface area (Å²) in [6.07, 6.45) is 4.18. The van der Waals surface area contributed by atoms with Gasteiger partial charge in [0.2, 0.25) is 0 Å². The third kappa shape index (κ3) is 5.28. The largest absolute Gasteiger partial charge is 0.310 e. The first kappa shape index (κ1) is 14.1. The quantitative estimate of drug-likeness (QED) is 0.752. The van der Waals surface area contributed by atoms with Crippen molar-refractivity contribution in [3.63, 3.8) is 0 Å². The van der Waals surface area contributed by atoms with Crippen molar-refractivity contribution < 1.29 is 8.42 Å². The summed E-state index contributed by atoms with van der Waals surface area (Å²) in [5.41, 5.74) is 1.17. The molecular weight excluding hydrogens is 236 g/mol. The van der Waals surface area contributed by atoms with Gasteiger partial charge in [-0.25, -0.2) is 8.42 Å². The zero-order chi connectivity index (χ0) is 12.7. The van der Waals surface area contributed by atoms with Crippen LogP contribution in [0.3, 0.4) is 0 Å². The standard InChI is InChI=1S/C12H20N2O2S/c1-3-17(15,16)10-4-7-14-11(2)12-5-8-13-9-6-12/h5-6,8-9,11,14H,3-4,7,10H2,1-2H3. The van der Waals surface area contributed by atoms with Crippen LogP contribution in [0, 0.1) is 0 Å². The van der Waals surface area contributed by atoms with E-state index >= 15 is 0 Å². The zero-order valence-corrected chi connectivity index (χ0v) is 11.2. The molecule has 5 heteroatoms. The minimum atomic E-state index is -2.83. The molecule has 1 rings (SSSR count). The Kier molecular flexibility index (Phi) is 5.58. The third-order valence-corrected chi connectivity index (χ3v) is 4.52. The summed E-state index contributed by atoms with van der Waals surface area (Å²) in [5, 5.41) is 3.30. The second-order valence-electron chi connectivity index (χ2n) is 4.05. The SMILES string of the molecule is CCS(=O)(=O)CCCNC(C)c1ccncc1. The normalized spacial score (nSPS) is 13.5. The van der Waals surface area contributed by atoms with Gasteiger partial charge in [0, 0.05) is 24.2 Å². The van der Waals surface area contributed by atoms with Crippen LogP contribution in [0.4, 0.5) is 0 Å². The van der Waals surface area contributed by atoms with Gasteiger partial charge in [-0.3, -0.25) is 4.98 Å². The molecule has 1 aromatic heterocycles. The molecule has 1 unspecified atom stereocenters. The smallest absolute Gasteiger partial charge is 0.150 e. The first-order valence-electron chi connectivity index (χ1n) is 5.89. The number of hydrogen-bond acceptors (Lipinski definition) is 4. The van der Waals surface area contributed by atoms with Gasteiger partial charge in [0.05, 0.1) is 5.75 Å². The Morgan fingerprint density at radius 3 is 2.59 bits per heavy atom. The van der Waals surface area contributed by atoms with E-state index in [9.17, 15) is 8.42 Å². The molecule has 0 aliphatic rings. The molecule has 4 nitrogen and oxygen atoms in total. The molecule has 0 spiro atoms. The summed E-state index contributed by atoms with van der Waals surface area (Å²) in [7, 11) is -2.83. The molecule has 1 aromatic rings. The highest BCUT2D eigenvalue weighted by Gasteiger charge is 2.08. The van der Waals surface area contributed by atoms with E-state index in [1.807, 2.05) is 12.1 Å². The van der Waals surface area contributed by atoms with Crippen LogP contribution in [0.5, 0.6) is 0 Å². The van der Waals surface area contributed by atoms with Crippen LogP contribution in [-0.4, -0.2) is 31.5 Å². The lowest BCUT2D eigenvalue weighted by molar-refractivity contribution is 0.560. The second-order valence-corrected chi connectivity index (χ2v) is 6.52. The van der Waals surface area contributed by atoms with Crippen molar-refractivity contribution in [2.45, 2.75) is 26.3 Å². The number of hydrogen-bond donors (Lipinski definition) is 1. The Morgan fingerprint density at radius 1 is 1.35 bits per heavy atom. The average molecular weight is 256 g/mol. The molecular formula is C12H20N2O2S. The van der Waals surface area contributed by atoms with Crippen molar-refractivity contribution in [1.82, 2.24) is 10.3 Å². The Balaban J connectivity index is 2.28. The van der Waals surface area contributed by atoms with Crippen molar-refractivity contribution in [3.8, 4) is 0 Å². The van der Waals surface area contributed by atoms with Crippen molar-refractivity contribution in [2.24, 2.45) is 0 Å². The number of nitrogens with one attached hydrogen (secondary N) is 1. The van der Waals surface area contributed by atoms with Gasteiger partial charge in [-0.2, -0.15) is 0 Å². The molecule has 0 aliphatic heterocycles. The predicted molar refractivity (Wildman–Crippen MR) is 69.6 cm³/mol. The van der Waals surface area contributed by atoms with Crippen LogP contribution in [-0.2, 0) is 9.84 Å². The summed E-state index contributed by atoms with van der Waals surface area (Å²) >= 11 is 0. The first-order valence-corrected chi connectivity index (χ1v) is 7.71. The van der Waals surface area contributed by atoms with Crippen molar-refractivity contribution in [2.75, 3.05) is 18.1 Å². The highest BCUT2D eigenvalue weighted by Crippen LogP contribution is 2.09. The van der Waals surface area contributed by atoms with Gasteiger partial charge in [0.15, 0.2) is 0 Å². The molecule has 0 saturated carbocycles.